The number of allylic oxidation sites excluding steroid dienone is 2. The summed E-state index contributed by atoms with van der Waals surface area (Å²) < 4.78 is 45.4. The molecular weight excluding hydrogens is 692 g/mol. The first-order chi connectivity index (χ1) is 23.2. The summed E-state index contributed by atoms with van der Waals surface area (Å²) in [5.74, 6) is -8.77. The molecule has 1 aromatic heterocycles. The highest BCUT2D eigenvalue weighted by atomic mass is 35.5. The van der Waals surface area contributed by atoms with Crippen LogP contribution in [-0.2, 0) is 30.8 Å². The molecule has 3 aromatic rings. The lowest BCUT2D eigenvalue weighted by molar-refractivity contribution is -0.173. The fourth-order valence-electron chi connectivity index (χ4n) is 8.01. The monoisotopic (exact) mass is 716 g/mol. The third-order valence-electron chi connectivity index (χ3n) is 10.1. The van der Waals surface area contributed by atoms with Gasteiger partial charge in [-0.05, 0) is 60.2 Å². The molecule has 16 heteroatoms. The van der Waals surface area contributed by atoms with Gasteiger partial charge in [0.2, 0.25) is 0 Å². The number of aromatic hydroxyl groups is 1. The zero-order chi connectivity index (χ0) is 35.2. The van der Waals surface area contributed by atoms with Crippen LogP contribution >= 0.6 is 23.2 Å². The normalized spacial score (nSPS) is 27.9. The maximum Gasteiger partial charge on any atom is 0.417 e. The second-order valence-corrected chi connectivity index (χ2v) is 13.2. The smallest absolute Gasteiger partial charge is 0.417 e. The fourth-order valence-corrected chi connectivity index (χ4v) is 8.35. The number of amides is 4. The van der Waals surface area contributed by atoms with Crippen LogP contribution in [0.15, 0.2) is 66.4 Å². The van der Waals surface area contributed by atoms with Crippen LogP contribution < -0.4 is 10.2 Å². The third-order valence-corrected chi connectivity index (χ3v) is 10.6. The number of imide groups is 2. The van der Waals surface area contributed by atoms with E-state index in [2.05, 4.69) is 10.4 Å². The lowest BCUT2D eigenvalue weighted by atomic mass is 9.49. The van der Waals surface area contributed by atoms with Crippen molar-refractivity contribution in [2.45, 2.75) is 30.4 Å². The van der Waals surface area contributed by atoms with Gasteiger partial charge in [-0.2, -0.15) is 23.2 Å². The number of halogens is 5. The SMILES string of the molecule is COc1cc([C@H]2C3=CC[C@@H]4C(=O)N(O)C(=O)[C@@H]4[C@@H]3C[C@H]3C(=O)N(Nc4ncc(C(F)(F)F)cc4Cl)C(=O)[C@@]23c2ccc(Cl)cc2)ccc1O. The average molecular weight is 717 g/mol. The Hall–Kier alpha value is -4.66. The number of hydroxylamine groups is 2. The third kappa shape index (κ3) is 4.79. The minimum absolute atomic E-state index is 0.0536. The van der Waals surface area contributed by atoms with Crippen LogP contribution in [0.5, 0.6) is 11.5 Å². The number of nitrogens with one attached hydrogen (secondary N) is 1. The molecular formula is C33H25Cl2F3N4O7. The molecule has 4 aliphatic rings. The van der Waals surface area contributed by atoms with Crippen molar-refractivity contribution in [1.82, 2.24) is 15.1 Å². The predicted octanol–water partition coefficient (Wildman–Crippen LogP) is 5.50. The number of hydrogen-bond acceptors (Lipinski definition) is 9. The van der Waals surface area contributed by atoms with Crippen LogP contribution in [0.4, 0.5) is 19.0 Å². The predicted molar refractivity (Wildman–Crippen MR) is 165 cm³/mol. The Labute approximate surface area is 285 Å². The number of hydrogen-bond donors (Lipinski definition) is 3. The summed E-state index contributed by atoms with van der Waals surface area (Å²) in [6, 6.07) is 11.3. The van der Waals surface area contributed by atoms with Crippen molar-refractivity contribution < 1.29 is 47.4 Å². The lowest BCUT2D eigenvalue weighted by Crippen LogP contribution is -2.53. The maximum atomic E-state index is 15.1. The molecule has 1 saturated carbocycles. The minimum Gasteiger partial charge on any atom is -0.504 e. The average Bonchev–Trinajstić information content (AvgIpc) is 3.42. The molecule has 3 fully saturated rings. The Balaban J connectivity index is 1.45. The first kappa shape index (κ1) is 32.9. The first-order valence-corrected chi connectivity index (χ1v) is 15.7. The van der Waals surface area contributed by atoms with Gasteiger partial charge in [-0.25, -0.2) is 4.98 Å². The first-order valence-electron chi connectivity index (χ1n) is 15.0. The summed E-state index contributed by atoms with van der Waals surface area (Å²) in [6.45, 7) is 0. The van der Waals surface area contributed by atoms with Crippen molar-refractivity contribution in [3.8, 4) is 11.5 Å². The van der Waals surface area contributed by atoms with Crippen LogP contribution in [-0.4, -0.2) is 56.1 Å². The van der Waals surface area contributed by atoms with E-state index in [1.807, 2.05) is 0 Å². The van der Waals surface area contributed by atoms with Crippen LogP contribution in [0.3, 0.4) is 0 Å². The van der Waals surface area contributed by atoms with Gasteiger partial charge in [-0.3, -0.25) is 29.8 Å². The zero-order valence-electron chi connectivity index (χ0n) is 25.2. The molecule has 4 amide bonds. The summed E-state index contributed by atoms with van der Waals surface area (Å²) in [6.07, 6.45) is -2.57. The molecule has 7 rings (SSSR count). The largest absolute Gasteiger partial charge is 0.504 e. The van der Waals surface area contributed by atoms with Crippen LogP contribution in [0.2, 0.25) is 10.0 Å². The van der Waals surface area contributed by atoms with E-state index in [0.29, 0.717) is 39.0 Å². The molecule has 0 radical (unpaired) electrons. The Kier molecular flexibility index (Phi) is 7.69. The van der Waals surface area contributed by atoms with Crippen molar-refractivity contribution in [2.24, 2.45) is 23.7 Å². The molecule has 3 N–H and O–H groups in total. The van der Waals surface area contributed by atoms with Gasteiger partial charge < -0.3 is 9.84 Å². The quantitative estimate of drug-likeness (QED) is 0.177. The number of carbonyl (C=O) groups is 4. The van der Waals surface area contributed by atoms with E-state index >= 15 is 4.79 Å². The second-order valence-electron chi connectivity index (χ2n) is 12.3. The number of rotatable bonds is 5. The van der Waals surface area contributed by atoms with Crippen molar-refractivity contribution in [2.75, 3.05) is 12.5 Å². The molecule has 2 aromatic carbocycles. The maximum absolute atomic E-state index is 15.1. The van der Waals surface area contributed by atoms with Crippen LogP contribution in [0, 0.1) is 23.7 Å². The topological polar surface area (TPSA) is 149 Å². The van der Waals surface area contributed by atoms with E-state index in [1.54, 1.807) is 36.4 Å². The number of alkyl halides is 3. The van der Waals surface area contributed by atoms with E-state index in [4.69, 9.17) is 27.9 Å². The molecule has 2 saturated heterocycles. The van der Waals surface area contributed by atoms with Gasteiger partial charge in [0.15, 0.2) is 17.3 Å². The molecule has 0 unspecified atom stereocenters. The molecule has 2 aliphatic heterocycles. The minimum atomic E-state index is -4.76. The van der Waals surface area contributed by atoms with E-state index in [0.717, 1.165) is 0 Å². The Morgan fingerprint density at radius 2 is 1.71 bits per heavy atom. The number of ether oxygens (including phenoxy) is 1. The summed E-state index contributed by atoms with van der Waals surface area (Å²) >= 11 is 12.4. The number of anilines is 1. The number of phenolic OH excluding ortho intramolecular Hbond substituents is 1. The number of phenols is 1. The number of pyridine rings is 1. The molecule has 11 nitrogen and oxygen atoms in total. The van der Waals surface area contributed by atoms with Crippen LogP contribution in [0.25, 0.3) is 0 Å². The van der Waals surface area contributed by atoms with E-state index < -0.39 is 81.2 Å². The van der Waals surface area contributed by atoms with Crippen LogP contribution in [0.1, 0.15) is 35.4 Å². The van der Waals surface area contributed by atoms with Crippen molar-refractivity contribution in [3.63, 3.8) is 0 Å². The fraction of sp³-hybridized carbons (Fsp3) is 0.303. The number of carbonyl (C=O) groups excluding carboxylic acids is 4. The van der Waals surface area contributed by atoms with E-state index in [1.165, 1.54) is 19.2 Å². The van der Waals surface area contributed by atoms with Gasteiger partial charge in [-0.1, -0.05) is 53.1 Å². The van der Waals surface area contributed by atoms with Crippen molar-refractivity contribution in [1.29, 1.82) is 0 Å². The summed E-state index contributed by atoms with van der Waals surface area (Å²) in [5, 5.41) is 21.4. The van der Waals surface area contributed by atoms with Gasteiger partial charge in [0, 0.05) is 17.1 Å². The van der Waals surface area contributed by atoms with Crippen molar-refractivity contribution >= 4 is 52.6 Å². The number of benzene rings is 2. The van der Waals surface area contributed by atoms with Gasteiger partial charge in [0.05, 0.1) is 40.9 Å². The highest BCUT2D eigenvalue weighted by Crippen LogP contribution is 2.64. The molecule has 6 atom stereocenters. The summed E-state index contributed by atoms with van der Waals surface area (Å²) in [4.78, 5) is 59.6. The number of aromatic nitrogens is 1. The number of fused-ring (bicyclic) bond motifs is 4. The van der Waals surface area contributed by atoms with Gasteiger partial charge in [0.25, 0.3) is 23.6 Å². The summed E-state index contributed by atoms with van der Waals surface area (Å²) in [7, 11) is 1.33. The van der Waals surface area contributed by atoms with E-state index in [9.17, 15) is 37.9 Å². The number of hydrazine groups is 1. The van der Waals surface area contributed by atoms with E-state index in [-0.39, 0.29) is 29.4 Å². The number of methoxy groups -OCH3 is 1. The molecule has 3 heterocycles. The number of nitrogens with zero attached hydrogens (tertiary/aromatic N) is 3. The standard InChI is InChI=1S/C33H25Cl2F3N4O7/c1-49-24-10-14(2-9-23(24)43)26-18-7-8-19-25(30(46)42(48)28(19)44)20(18)12-21-29(45)41(31(47)32(21,26)15-3-5-17(34)6-4-15)40-27-22(35)11-16(13-39-27)33(36,37)38/h2-7,9-11,13,19-21,25-26,43,48H,8,12H2,1H3,(H,39,40)/t19-,20+,21-,25-,26-,32+/m0/s1. The Morgan fingerprint density at radius 3 is 2.37 bits per heavy atom. The van der Waals surface area contributed by atoms with Gasteiger partial charge in [0.1, 0.15) is 0 Å². The molecule has 254 valence electrons. The van der Waals surface area contributed by atoms with Gasteiger partial charge >= 0.3 is 6.18 Å². The molecule has 2 aliphatic carbocycles. The van der Waals surface area contributed by atoms with Gasteiger partial charge in [-0.15, -0.1) is 0 Å². The zero-order valence-corrected chi connectivity index (χ0v) is 26.8. The highest BCUT2D eigenvalue weighted by Gasteiger charge is 2.70. The highest BCUT2D eigenvalue weighted by molar-refractivity contribution is 6.33. The Morgan fingerprint density at radius 1 is 1.00 bits per heavy atom. The summed E-state index contributed by atoms with van der Waals surface area (Å²) in [5.41, 5.74) is 0.948. The molecule has 49 heavy (non-hydrogen) atoms. The molecule has 0 bridgehead atoms. The second kappa shape index (κ2) is 11.5. The Bertz CT molecular complexity index is 1970. The van der Waals surface area contributed by atoms with Crippen molar-refractivity contribution in [3.05, 3.63) is 93.1 Å². The molecule has 0 spiro atoms. The lowest BCUT2D eigenvalue weighted by Gasteiger charge is -2.50.